The minimum Gasteiger partial charge on any atom is -0.490 e. The Morgan fingerprint density at radius 2 is 1.65 bits per heavy atom. The van der Waals surface area contributed by atoms with E-state index in [4.69, 9.17) is 27.9 Å². The summed E-state index contributed by atoms with van der Waals surface area (Å²) in [5.74, 6) is 0.556. The van der Waals surface area contributed by atoms with Gasteiger partial charge in [-0.15, -0.1) is 0 Å². The van der Waals surface area contributed by atoms with E-state index < -0.39 is 0 Å². The van der Waals surface area contributed by atoms with Gasteiger partial charge >= 0.3 is 0 Å². The summed E-state index contributed by atoms with van der Waals surface area (Å²) in [6, 6.07) is 13.5. The molecule has 1 N–H and O–H groups in total. The number of para-hydroxylation sites is 1. The van der Waals surface area contributed by atoms with E-state index in [2.05, 4.69) is 12.2 Å². The van der Waals surface area contributed by atoms with Gasteiger partial charge in [-0.05, 0) is 30.7 Å². The maximum atomic E-state index is 6.23. The molecule has 0 heterocycles. The third-order valence-electron chi connectivity index (χ3n) is 2.81. The van der Waals surface area contributed by atoms with Gasteiger partial charge in [-0.3, -0.25) is 0 Å². The molecule has 0 aliphatic heterocycles. The number of ether oxygens (including phenoxy) is 1. The van der Waals surface area contributed by atoms with Crippen molar-refractivity contribution in [2.45, 2.75) is 19.8 Å². The SMILES string of the molecule is CCCCOc1c(Cl)cc(Nc2ccccc2)cc1Cl. The van der Waals surface area contributed by atoms with Crippen molar-refractivity contribution in [3.05, 3.63) is 52.5 Å². The number of benzene rings is 2. The number of halogens is 2. The molecule has 2 rings (SSSR count). The summed E-state index contributed by atoms with van der Waals surface area (Å²) in [5, 5.41) is 4.30. The van der Waals surface area contributed by atoms with Crippen LogP contribution in [0.15, 0.2) is 42.5 Å². The van der Waals surface area contributed by atoms with Gasteiger partial charge in [0.15, 0.2) is 5.75 Å². The van der Waals surface area contributed by atoms with E-state index in [1.165, 1.54) is 0 Å². The number of anilines is 2. The van der Waals surface area contributed by atoms with Crippen LogP contribution in [0.5, 0.6) is 5.75 Å². The standard InChI is InChI=1S/C16H17Cl2NO/c1-2-3-9-20-16-14(17)10-13(11-15(16)18)19-12-7-5-4-6-8-12/h4-8,10-11,19H,2-3,9H2,1H3. The lowest BCUT2D eigenvalue weighted by molar-refractivity contribution is 0.310. The molecule has 20 heavy (non-hydrogen) atoms. The maximum Gasteiger partial charge on any atom is 0.156 e. The predicted molar refractivity (Wildman–Crippen MR) is 86.6 cm³/mol. The van der Waals surface area contributed by atoms with E-state index in [0.29, 0.717) is 22.4 Å². The van der Waals surface area contributed by atoms with E-state index in [1.54, 1.807) is 0 Å². The van der Waals surface area contributed by atoms with E-state index in [1.807, 2.05) is 42.5 Å². The molecule has 4 heteroatoms. The Balaban J connectivity index is 2.13. The second kappa shape index (κ2) is 7.41. The average molecular weight is 310 g/mol. The van der Waals surface area contributed by atoms with Crippen LogP contribution >= 0.6 is 23.2 Å². The van der Waals surface area contributed by atoms with Gasteiger partial charge in [-0.2, -0.15) is 0 Å². The highest BCUT2D eigenvalue weighted by Gasteiger charge is 2.09. The van der Waals surface area contributed by atoms with Gasteiger partial charge in [0.1, 0.15) is 0 Å². The Bertz CT molecular complexity index is 535. The van der Waals surface area contributed by atoms with E-state index in [0.717, 1.165) is 24.2 Å². The fraction of sp³-hybridized carbons (Fsp3) is 0.250. The fourth-order valence-corrected chi connectivity index (χ4v) is 2.37. The highest BCUT2D eigenvalue weighted by molar-refractivity contribution is 6.37. The summed E-state index contributed by atoms with van der Waals surface area (Å²) in [7, 11) is 0. The quantitative estimate of drug-likeness (QED) is 0.669. The second-order valence-corrected chi connectivity index (χ2v) is 5.28. The van der Waals surface area contributed by atoms with Crippen LogP contribution in [0.25, 0.3) is 0 Å². The van der Waals surface area contributed by atoms with Crippen molar-refractivity contribution < 1.29 is 4.74 Å². The first kappa shape index (κ1) is 15.0. The largest absolute Gasteiger partial charge is 0.490 e. The number of nitrogens with one attached hydrogen (secondary N) is 1. The van der Waals surface area contributed by atoms with Crippen LogP contribution in [-0.4, -0.2) is 6.61 Å². The third-order valence-corrected chi connectivity index (χ3v) is 3.37. The number of hydrogen-bond acceptors (Lipinski definition) is 2. The minimum atomic E-state index is 0.520. The molecule has 0 atom stereocenters. The first-order valence-electron chi connectivity index (χ1n) is 6.64. The highest BCUT2D eigenvalue weighted by Crippen LogP contribution is 2.36. The van der Waals surface area contributed by atoms with Crippen LogP contribution in [0.3, 0.4) is 0 Å². The van der Waals surface area contributed by atoms with Crippen LogP contribution in [0.4, 0.5) is 11.4 Å². The Morgan fingerprint density at radius 1 is 1.00 bits per heavy atom. The van der Waals surface area contributed by atoms with Crippen LogP contribution in [0.1, 0.15) is 19.8 Å². The van der Waals surface area contributed by atoms with Crippen LogP contribution in [-0.2, 0) is 0 Å². The Labute approximate surface area is 129 Å². The van der Waals surface area contributed by atoms with Gasteiger partial charge in [0.05, 0.1) is 16.7 Å². The van der Waals surface area contributed by atoms with Gasteiger partial charge < -0.3 is 10.1 Å². The van der Waals surface area contributed by atoms with Gasteiger partial charge in [0.25, 0.3) is 0 Å². The molecule has 0 saturated heterocycles. The molecular weight excluding hydrogens is 293 g/mol. The number of rotatable bonds is 6. The molecule has 106 valence electrons. The first-order valence-corrected chi connectivity index (χ1v) is 7.40. The van der Waals surface area contributed by atoms with Gasteiger partial charge in [-0.1, -0.05) is 54.7 Å². The summed E-state index contributed by atoms with van der Waals surface area (Å²) < 4.78 is 5.62. The lowest BCUT2D eigenvalue weighted by Gasteiger charge is -2.12. The Morgan fingerprint density at radius 3 is 2.25 bits per heavy atom. The zero-order valence-electron chi connectivity index (χ0n) is 11.3. The van der Waals surface area contributed by atoms with Crippen LogP contribution in [0.2, 0.25) is 10.0 Å². The average Bonchev–Trinajstić information content (AvgIpc) is 2.43. The van der Waals surface area contributed by atoms with Gasteiger partial charge in [0, 0.05) is 11.4 Å². The van der Waals surface area contributed by atoms with Gasteiger partial charge in [-0.25, -0.2) is 0 Å². The molecule has 0 fully saturated rings. The zero-order chi connectivity index (χ0) is 14.4. The van der Waals surface area contributed by atoms with Crippen molar-refractivity contribution >= 4 is 34.6 Å². The molecule has 2 aromatic rings. The second-order valence-electron chi connectivity index (χ2n) is 4.46. The summed E-state index contributed by atoms with van der Waals surface area (Å²) in [5.41, 5.74) is 1.83. The van der Waals surface area contributed by atoms with Crippen molar-refractivity contribution in [1.29, 1.82) is 0 Å². The van der Waals surface area contributed by atoms with E-state index in [-0.39, 0.29) is 0 Å². The number of unbranched alkanes of at least 4 members (excludes halogenated alkanes) is 1. The zero-order valence-corrected chi connectivity index (χ0v) is 12.8. The Kier molecular flexibility index (Phi) is 5.57. The van der Waals surface area contributed by atoms with Crippen molar-refractivity contribution in [2.24, 2.45) is 0 Å². The molecular formula is C16H17Cl2NO. The molecule has 2 nitrogen and oxygen atoms in total. The summed E-state index contributed by atoms with van der Waals surface area (Å²) in [6.45, 7) is 2.74. The van der Waals surface area contributed by atoms with Crippen LogP contribution < -0.4 is 10.1 Å². The molecule has 0 unspecified atom stereocenters. The minimum absolute atomic E-state index is 0.520. The van der Waals surface area contributed by atoms with E-state index >= 15 is 0 Å². The molecule has 0 spiro atoms. The molecule has 0 aliphatic carbocycles. The molecule has 0 amide bonds. The maximum absolute atomic E-state index is 6.23. The van der Waals surface area contributed by atoms with Crippen LogP contribution in [0, 0.1) is 0 Å². The van der Waals surface area contributed by atoms with Crippen molar-refractivity contribution in [1.82, 2.24) is 0 Å². The normalized spacial score (nSPS) is 10.3. The third kappa shape index (κ3) is 4.06. The van der Waals surface area contributed by atoms with Crippen molar-refractivity contribution in [3.63, 3.8) is 0 Å². The molecule has 0 radical (unpaired) electrons. The molecule has 2 aromatic carbocycles. The topological polar surface area (TPSA) is 21.3 Å². The molecule has 0 aromatic heterocycles. The summed E-state index contributed by atoms with van der Waals surface area (Å²) >= 11 is 12.5. The lowest BCUT2D eigenvalue weighted by Crippen LogP contribution is -1.98. The fourth-order valence-electron chi connectivity index (χ4n) is 1.78. The summed E-state index contributed by atoms with van der Waals surface area (Å²) in [4.78, 5) is 0. The van der Waals surface area contributed by atoms with Crippen molar-refractivity contribution in [3.8, 4) is 5.75 Å². The molecule has 0 bridgehead atoms. The lowest BCUT2D eigenvalue weighted by atomic mass is 10.2. The molecule has 0 saturated carbocycles. The summed E-state index contributed by atoms with van der Waals surface area (Å²) in [6.07, 6.45) is 2.06. The Hall–Kier alpha value is -1.38. The smallest absolute Gasteiger partial charge is 0.156 e. The monoisotopic (exact) mass is 309 g/mol. The predicted octanol–water partition coefficient (Wildman–Crippen LogP) is 5.92. The van der Waals surface area contributed by atoms with E-state index in [9.17, 15) is 0 Å². The highest BCUT2D eigenvalue weighted by atomic mass is 35.5. The number of hydrogen-bond donors (Lipinski definition) is 1. The first-order chi connectivity index (χ1) is 9.70. The van der Waals surface area contributed by atoms with Crippen molar-refractivity contribution in [2.75, 3.05) is 11.9 Å². The molecule has 0 aliphatic rings. The van der Waals surface area contributed by atoms with Gasteiger partial charge in [0.2, 0.25) is 0 Å².